The lowest BCUT2D eigenvalue weighted by atomic mass is 10.00. The van der Waals surface area contributed by atoms with E-state index in [4.69, 9.17) is 0 Å². The minimum absolute atomic E-state index is 0.324. The Hall–Kier alpha value is -2.04. The fourth-order valence-electron chi connectivity index (χ4n) is 3.35. The number of nitrogens with zero attached hydrogens (tertiary/aromatic N) is 1. The number of hydrogen-bond donors (Lipinski definition) is 2. The number of carbonyl (C=O) groups is 2. The minimum Gasteiger partial charge on any atom is -0.480 e. The molecule has 1 fully saturated rings. The maximum Gasteiger partial charge on any atom is 0.329 e. The van der Waals surface area contributed by atoms with Gasteiger partial charge in [0.15, 0.2) is 0 Å². The monoisotopic (exact) mass is 288 g/mol. The number of aliphatic carboxylic acids is 1. The lowest BCUT2D eigenvalue weighted by Gasteiger charge is -2.31. The molecule has 3 rings (SSSR count). The van der Waals surface area contributed by atoms with E-state index in [2.05, 4.69) is 11.4 Å². The maximum absolute atomic E-state index is 12.4. The highest BCUT2D eigenvalue weighted by molar-refractivity contribution is 5.94. The second-order valence-corrected chi connectivity index (χ2v) is 6.10. The van der Waals surface area contributed by atoms with Gasteiger partial charge in [0, 0.05) is 12.2 Å². The standard InChI is InChI=1S/C16H20N2O3/c1-16(14(19)20)8-3-9-18(16)15(21)17-13-7-6-11-4-2-5-12(11)10-13/h6-7,10H,2-5,8-9H2,1H3,(H,17,21)(H,19,20). The predicted molar refractivity (Wildman–Crippen MR) is 79.5 cm³/mol. The molecule has 1 aliphatic heterocycles. The summed E-state index contributed by atoms with van der Waals surface area (Å²) >= 11 is 0. The summed E-state index contributed by atoms with van der Waals surface area (Å²) < 4.78 is 0. The van der Waals surface area contributed by atoms with E-state index in [1.807, 2.05) is 12.1 Å². The molecule has 1 heterocycles. The van der Waals surface area contributed by atoms with E-state index >= 15 is 0 Å². The third-order valence-corrected chi connectivity index (χ3v) is 4.70. The predicted octanol–water partition coefficient (Wildman–Crippen LogP) is 2.65. The molecule has 2 aliphatic rings. The number of amides is 2. The van der Waals surface area contributed by atoms with Gasteiger partial charge in [-0.2, -0.15) is 0 Å². The number of benzene rings is 1. The summed E-state index contributed by atoms with van der Waals surface area (Å²) in [6, 6.07) is 5.64. The molecule has 0 aromatic heterocycles. The van der Waals surface area contributed by atoms with Crippen LogP contribution in [0.25, 0.3) is 0 Å². The van der Waals surface area contributed by atoms with Crippen molar-refractivity contribution in [3.63, 3.8) is 0 Å². The Morgan fingerprint density at radius 3 is 2.76 bits per heavy atom. The number of fused-ring (bicyclic) bond motifs is 1. The molecule has 1 saturated heterocycles. The first-order chi connectivity index (χ1) is 10.0. The van der Waals surface area contributed by atoms with Crippen molar-refractivity contribution in [3.8, 4) is 0 Å². The fourth-order valence-corrected chi connectivity index (χ4v) is 3.35. The number of hydrogen-bond acceptors (Lipinski definition) is 2. The quantitative estimate of drug-likeness (QED) is 0.879. The van der Waals surface area contributed by atoms with E-state index in [1.165, 1.54) is 16.0 Å². The van der Waals surface area contributed by atoms with Gasteiger partial charge in [-0.25, -0.2) is 9.59 Å². The van der Waals surface area contributed by atoms with Crippen LogP contribution in [0.3, 0.4) is 0 Å². The number of likely N-dealkylation sites (tertiary alicyclic amines) is 1. The molecule has 21 heavy (non-hydrogen) atoms. The zero-order valence-electron chi connectivity index (χ0n) is 12.2. The van der Waals surface area contributed by atoms with Crippen LogP contribution < -0.4 is 5.32 Å². The van der Waals surface area contributed by atoms with Crippen LogP contribution in [-0.4, -0.2) is 34.1 Å². The molecule has 1 unspecified atom stereocenters. The van der Waals surface area contributed by atoms with Gasteiger partial charge < -0.3 is 15.3 Å². The Morgan fingerprint density at radius 2 is 2.00 bits per heavy atom. The summed E-state index contributed by atoms with van der Waals surface area (Å²) in [5.41, 5.74) is 2.29. The molecule has 1 aliphatic carbocycles. The third-order valence-electron chi connectivity index (χ3n) is 4.70. The van der Waals surface area contributed by atoms with Crippen molar-refractivity contribution >= 4 is 17.7 Å². The molecule has 0 saturated carbocycles. The van der Waals surface area contributed by atoms with Crippen LogP contribution in [0.5, 0.6) is 0 Å². The Labute approximate surface area is 123 Å². The van der Waals surface area contributed by atoms with Gasteiger partial charge in [-0.1, -0.05) is 6.07 Å². The number of urea groups is 1. The first-order valence-corrected chi connectivity index (χ1v) is 7.44. The molecule has 0 radical (unpaired) electrons. The van der Waals surface area contributed by atoms with E-state index in [9.17, 15) is 14.7 Å². The highest BCUT2D eigenvalue weighted by atomic mass is 16.4. The number of nitrogens with one attached hydrogen (secondary N) is 1. The van der Waals surface area contributed by atoms with Crippen LogP contribution in [0, 0.1) is 0 Å². The molecule has 1 atom stereocenters. The Balaban J connectivity index is 1.76. The van der Waals surface area contributed by atoms with Gasteiger partial charge in [0.05, 0.1) is 0 Å². The van der Waals surface area contributed by atoms with Gasteiger partial charge >= 0.3 is 12.0 Å². The van der Waals surface area contributed by atoms with Crippen molar-refractivity contribution in [2.75, 3.05) is 11.9 Å². The van der Waals surface area contributed by atoms with Crippen LogP contribution >= 0.6 is 0 Å². The number of aryl methyl sites for hydroxylation is 2. The lowest BCUT2D eigenvalue weighted by molar-refractivity contribution is -0.146. The van der Waals surface area contributed by atoms with E-state index < -0.39 is 11.5 Å². The molecule has 5 heteroatoms. The average Bonchev–Trinajstić information content (AvgIpc) is 3.05. The molecular formula is C16H20N2O3. The first-order valence-electron chi connectivity index (χ1n) is 7.44. The summed E-state index contributed by atoms with van der Waals surface area (Å²) in [5, 5.41) is 12.2. The number of anilines is 1. The van der Waals surface area contributed by atoms with Crippen LogP contribution in [0.1, 0.15) is 37.3 Å². The van der Waals surface area contributed by atoms with Crippen molar-refractivity contribution in [2.45, 2.75) is 44.6 Å². The van der Waals surface area contributed by atoms with Gasteiger partial charge in [-0.3, -0.25) is 0 Å². The van der Waals surface area contributed by atoms with Crippen molar-refractivity contribution < 1.29 is 14.7 Å². The first kappa shape index (κ1) is 13.9. The van der Waals surface area contributed by atoms with Gasteiger partial charge in [0.25, 0.3) is 0 Å². The number of carboxylic acid groups (broad SMARTS) is 1. The molecule has 1 aromatic rings. The Bertz CT molecular complexity index is 599. The van der Waals surface area contributed by atoms with Gasteiger partial charge in [0.2, 0.25) is 0 Å². The van der Waals surface area contributed by atoms with Gasteiger partial charge in [-0.05, 0) is 62.3 Å². The van der Waals surface area contributed by atoms with Crippen LogP contribution in [0.2, 0.25) is 0 Å². The fraction of sp³-hybridized carbons (Fsp3) is 0.500. The zero-order valence-corrected chi connectivity index (χ0v) is 12.2. The topological polar surface area (TPSA) is 69.6 Å². The van der Waals surface area contributed by atoms with E-state index in [-0.39, 0.29) is 6.03 Å². The van der Waals surface area contributed by atoms with E-state index in [1.54, 1.807) is 6.92 Å². The smallest absolute Gasteiger partial charge is 0.329 e. The van der Waals surface area contributed by atoms with E-state index in [0.29, 0.717) is 13.0 Å². The largest absolute Gasteiger partial charge is 0.480 e. The van der Waals surface area contributed by atoms with Gasteiger partial charge in [0.1, 0.15) is 5.54 Å². The lowest BCUT2D eigenvalue weighted by Crippen LogP contribution is -2.52. The summed E-state index contributed by atoms with van der Waals surface area (Å²) in [7, 11) is 0. The molecule has 2 N–H and O–H groups in total. The molecule has 5 nitrogen and oxygen atoms in total. The van der Waals surface area contributed by atoms with Crippen molar-refractivity contribution in [2.24, 2.45) is 0 Å². The summed E-state index contributed by atoms with van der Waals surface area (Å²) in [5.74, 6) is -0.941. The Morgan fingerprint density at radius 1 is 1.24 bits per heavy atom. The second-order valence-electron chi connectivity index (χ2n) is 6.10. The second kappa shape index (κ2) is 5.06. The summed E-state index contributed by atoms with van der Waals surface area (Å²) in [6.07, 6.45) is 4.54. The molecular weight excluding hydrogens is 268 g/mol. The minimum atomic E-state index is -1.10. The molecule has 112 valence electrons. The van der Waals surface area contributed by atoms with Crippen LogP contribution in [-0.2, 0) is 17.6 Å². The zero-order chi connectivity index (χ0) is 15.0. The number of carboxylic acids is 1. The Kier molecular flexibility index (Phi) is 3.35. The molecule has 1 aromatic carbocycles. The molecule has 2 amide bonds. The summed E-state index contributed by atoms with van der Waals surface area (Å²) in [4.78, 5) is 25.2. The number of rotatable bonds is 2. The van der Waals surface area contributed by atoms with Crippen LogP contribution in [0.4, 0.5) is 10.5 Å². The van der Waals surface area contributed by atoms with Crippen LogP contribution in [0.15, 0.2) is 18.2 Å². The van der Waals surface area contributed by atoms with E-state index in [0.717, 1.165) is 31.4 Å². The van der Waals surface area contributed by atoms with Crippen molar-refractivity contribution in [3.05, 3.63) is 29.3 Å². The SMILES string of the molecule is CC1(C(=O)O)CCCN1C(=O)Nc1ccc2c(c1)CCC2. The normalized spacial score (nSPS) is 24.0. The van der Waals surface area contributed by atoms with Gasteiger partial charge in [-0.15, -0.1) is 0 Å². The molecule has 0 spiro atoms. The summed E-state index contributed by atoms with van der Waals surface area (Å²) in [6.45, 7) is 2.10. The maximum atomic E-state index is 12.4. The number of carbonyl (C=O) groups excluding carboxylic acids is 1. The van der Waals surface area contributed by atoms with Crippen molar-refractivity contribution in [1.29, 1.82) is 0 Å². The molecule has 0 bridgehead atoms. The van der Waals surface area contributed by atoms with Crippen molar-refractivity contribution in [1.82, 2.24) is 4.90 Å². The highest BCUT2D eigenvalue weighted by Gasteiger charge is 2.46. The average molecular weight is 288 g/mol. The highest BCUT2D eigenvalue weighted by Crippen LogP contribution is 2.30. The third kappa shape index (κ3) is 2.37.